The van der Waals surface area contributed by atoms with Crippen molar-refractivity contribution >= 4 is 0 Å². The smallest absolute Gasteiger partial charge is 0.331 e. The van der Waals surface area contributed by atoms with Crippen LogP contribution in [0, 0.1) is 0 Å². The first kappa shape index (κ1) is 19.0. The van der Waals surface area contributed by atoms with E-state index in [1.165, 1.54) is 4.57 Å². The number of nitrogens with zero attached hydrogens (tertiary/aromatic N) is 1. The molecule has 8 heteroatoms. The minimum absolute atomic E-state index is 0.193. The highest BCUT2D eigenvalue weighted by Gasteiger charge is 2.33. The van der Waals surface area contributed by atoms with Crippen molar-refractivity contribution in [2.24, 2.45) is 0 Å². The van der Waals surface area contributed by atoms with Gasteiger partial charge in [-0.25, -0.2) is 4.79 Å². The van der Waals surface area contributed by atoms with Gasteiger partial charge in [-0.2, -0.15) is 0 Å². The number of aromatic hydroxyl groups is 1. The van der Waals surface area contributed by atoms with Crippen LogP contribution < -0.4 is 26.0 Å². The number of aromatic amines is 1. The summed E-state index contributed by atoms with van der Waals surface area (Å²) in [4.78, 5) is 27.1. The number of ether oxygens (including phenoxy) is 2. The number of hydrogen-bond donors (Lipinski definition) is 3. The highest BCUT2D eigenvalue weighted by molar-refractivity contribution is 5.51. The van der Waals surface area contributed by atoms with Gasteiger partial charge in [0, 0.05) is 18.5 Å². The third kappa shape index (κ3) is 3.44. The maximum Gasteiger partial charge on any atom is 0.331 e. The number of fused-ring (bicyclic) bond motifs is 1. The molecule has 3 rings (SSSR count). The lowest BCUT2D eigenvalue weighted by atomic mass is 9.90. The van der Waals surface area contributed by atoms with Crippen LogP contribution in [-0.2, 0) is 13.0 Å². The summed E-state index contributed by atoms with van der Waals surface area (Å²) >= 11 is 0. The molecular weight excluding hydrogens is 350 g/mol. The molecule has 0 spiro atoms. The number of nitrogens with one attached hydrogen (secondary N) is 1. The zero-order chi connectivity index (χ0) is 19.6. The monoisotopic (exact) mass is 376 g/mol. The Labute approximate surface area is 156 Å². The fourth-order valence-corrected chi connectivity index (χ4v) is 3.63. The Morgan fingerprint density at radius 1 is 1.26 bits per heavy atom. The molecule has 1 aliphatic heterocycles. The number of nitrogens with two attached hydrogens (primary N) is 1. The van der Waals surface area contributed by atoms with E-state index in [4.69, 9.17) is 9.47 Å². The van der Waals surface area contributed by atoms with Gasteiger partial charge in [0.05, 0.1) is 20.8 Å². The summed E-state index contributed by atoms with van der Waals surface area (Å²) in [7, 11) is 3.14. The topological polar surface area (TPSA) is 110 Å². The molecule has 0 saturated heterocycles. The zero-order valence-electron chi connectivity index (χ0n) is 15.9. The van der Waals surface area contributed by atoms with Crippen LogP contribution in [0.15, 0.2) is 21.7 Å². The third-order valence-corrected chi connectivity index (χ3v) is 5.05. The van der Waals surface area contributed by atoms with Crippen molar-refractivity contribution in [3.63, 3.8) is 0 Å². The average molecular weight is 376 g/mol. The largest absolute Gasteiger partial charge is 0.494 e. The van der Waals surface area contributed by atoms with Crippen molar-refractivity contribution in [3.05, 3.63) is 49.7 Å². The van der Waals surface area contributed by atoms with E-state index >= 15 is 0 Å². The lowest BCUT2D eigenvalue weighted by molar-refractivity contribution is -0.690. The second-order valence-electron chi connectivity index (χ2n) is 6.66. The lowest BCUT2D eigenvalue weighted by Gasteiger charge is -2.26. The predicted octanol–water partition coefficient (Wildman–Crippen LogP) is 0.268. The average Bonchev–Trinajstić information content (AvgIpc) is 2.66. The third-order valence-electron chi connectivity index (χ3n) is 5.05. The Morgan fingerprint density at radius 2 is 1.96 bits per heavy atom. The molecule has 0 fully saturated rings. The van der Waals surface area contributed by atoms with E-state index in [9.17, 15) is 14.7 Å². The molecule has 2 aromatic rings. The number of aromatic nitrogens is 2. The Bertz CT molecular complexity index is 948. The van der Waals surface area contributed by atoms with Crippen LogP contribution in [0.4, 0.5) is 0 Å². The van der Waals surface area contributed by atoms with Crippen LogP contribution >= 0.6 is 0 Å². The lowest BCUT2D eigenvalue weighted by Crippen LogP contribution is -2.87. The maximum atomic E-state index is 12.6. The van der Waals surface area contributed by atoms with Gasteiger partial charge in [0.1, 0.15) is 11.6 Å². The molecule has 0 amide bonds. The molecule has 2 heterocycles. The number of quaternary nitrogens is 1. The molecule has 146 valence electrons. The number of benzene rings is 1. The van der Waals surface area contributed by atoms with Gasteiger partial charge in [-0.3, -0.25) is 14.3 Å². The molecule has 8 nitrogen and oxygen atoms in total. The highest BCUT2D eigenvalue weighted by atomic mass is 16.5. The van der Waals surface area contributed by atoms with Gasteiger partial charge < -0.3 is 19.9 Å². The zero-order valence-corrected chi connectivity index (χ0v) is 15.9. The summed E-state index contributed by atoms with van der Waals surface area (Å²) in [5, 5.41) is 12.7. The van der Waals surface area contributed by atoms with Gasteiger partial charge in [-0.05, 0) is 24.1 Å². The Morgan fingerprint density at radius 3 is 2.63 bits per heavy atom. The van der Waals surface area contributed by atoms with Crippen LogP contribution in [0.1, 0.15) is 42.5 Å². The van der Waals surface area contributed by atoms with Crippen LogP contribution in [0.25, 0.3) is 0 Å². The van der Waals surface area contributed by atoms with Gasteiger partial charge in [0.2, 0.25) is 5.88 Å². The summed E-state index contributed by atoms with van der Waals surface area (Å²) in [6.07, 6.45) is 2.41. The van der Waals surface area contributed by atoms with E-state index in [-0.39, 0.29) is 11.4 Å². The normalized spacial score (nSPS) is 16.0. The summed E-state index contributed by atoms with van der Waals surface area (Å²) in [5.41, 5.74) is 0.955. The van der Waals surface area contributed by atoms with E-state index in [0.717, 1.165) is 36.9 Å². The molecule has 0 aliphatic carbocycles. The summed E-state index contributed by atoms with van der Waals surface area (Å²) in [6, 6.07) is 3.33. The predicted molar refractivity (Wildman–Crippen MR) is 99.8 cm³/mol. The Balaban J connectivity index is 2.17. The minimum Gasteiger partial charge on any atom is -0.494 e. The first-order chi connectivity index (χ1) is 13.0. The number of hydrogen-bond acceptors (Lipinski definition) is 5. The van der Waals surface area contributed by atoms with Gasteiger partial charge in [0.25, 0.3) is 5.56 Å². The standard InChI is InChI=1S/C19H25N3O5/c1-4-5-8-22-18(24)15(17(23)21-19(22)25)16-12-10-14(27-3)13(26-2)9-11(12)6-7-20-16/h9-10,16,20,24H,4-8H2,1-3H3,(H,21,23,25)/p+1/t16-/m0/s1. The van der Waals surface area contributed by atoms with Crippen LogP contribution in [-0.4, -0.2) is 35.4 Å². The molecule has 0 radical (unpaired) electrons. The van der Waals surface area contributed by atoms with Crippen molar-refractivity contribution in [1.82, 2.24) is 9.55 Å². The SMILES string of the molecule is CCCCn1c(O)c([C@H]2[NH2+]CCc3cc(OC)c(OC)cc32)c(=O)[nH]c1=O. The quantitative estimate of drug-likeness (QED) is 0.670. The van der Waals surface area contributed by atoms with Crippen LogP contribution in [0.3, 0.4) is 0 Å². The molecule has 1 aromatic carbocycles. The summed E-state index contributed by atoms with van der Waals surface area (Å²) in [6.45, 7) is 3.11. The molecule has 1 atom stereocenters. The van der Waals surface area contributed by atoms with E-state index in [1.807, 2.05) is 24.4 Å². The highest BCUT2D eigenvalue weighted by Crippen LogP contribution is 2.36. The van der Waals surface area contributed by atoms with E-state index in [2.05, 4.69) is 4.98 Å². The fourth-order valence-electron chi connectivity index (χ4n) is 3.63. The Hall–Kier alpha value is -2.74. The molecular formula is C19H26N3O5+. The molecule has 0 bridgehead atoms. The van der Waals surface area contributed by atoms with Crippen LogP contribution in [0.5, 0.6) is 17.4 Å². The molecule has 4 N–H and O–H groups in total. The van der Waals surface area contributed by atoms with Crippen LogP contribution in [0.2, 0.25) is 0 Å². The first-order valence-electron chi connectivity index (χ1n) is 9.15. The summed E-state index contributed by atoms with van der Waals surface area (Å²) < 4.78 is 12.0. The Kier molecular flexibility index (Phi) is 5.55. The molecule has 27 heavy (non-hydrogen) atoms. The number of rotatable bonds is 6. The van der Waals surface area contributed by atoms with E-state index in [1.54, 1.807) is 14.2 Å². The maximum absolute atomic E-state index is 12.6. The number of methoxy groups -OCH3 is 2. The second-order valence-corrected chi connectivity index (χ2v) is 6.66. The van der Waals surface area contributed by atoms with E-state index < -0.39 is 17.3 Å². The summed E-state index contributed by atoms with van der Waals surface area (Å²) in [5.74, 6) is 0.927. The second kappa shape index (κ2) is 7.87. The molecule has 0 unspecified atom stereocenters. The van der Waals surface area contributed by atoms with Crippen molar-refractivity contribution in [1.29, 1.82) is 0 Å². The van der Waals surface area contributed by atoms with E-state index in [0.29, 0.717) is 18.0 Å². The van der Waals surface area contributed by atoms with Gasteiger partial charge in [-0.15, -0.1) is 0 Å². The van der Waals surface area contributed by atoms with Gasteiger partial charge in [0.15, 0.2) is 11.5 Å². The van der Waals surface area contributed by atoms with Crippen molar-refractivity contribution in [2.45, 2.75) is 38.8 Å². The molecule has 1 aromatic heterocycles. The minimum atomic E-state index is -0.585. The number of H-pyrrole nitrogens is 1. The van der Waals surface area contributed by atoms with Crippen molar-refractivity contribution in [3.8, 4) is 17.4 Å². The first-order valence-corrected chi connectivity index (χ1v) is 9.15. The molecule has 0 saturated carbocycles. The number of unbranched alkanes of at least 4 members (excludes halogenated alkanes) is 1. The fraction of sp³-hybridized carbons (Fsp3) is 0.474. The van der Waals surface area contributed by atoms with Crippen molar-refractivity contribution in [2.75, 3.05) is 20.8 Å². The van der Waals surface area contributed by atoms with Crippen molar-refractivity contribution < 1.29 is 19.9 Å². The molecule has 1 aliphatic rings. The van der Waals surface area contributed by atoms with Gasteiger partial charge >= 0.3 is 5.69 Å². The van der Waals surface area contributed by atoms with Gasteiger partial charge in [-0.1, -0.05) is 13.3 Å².